The molecule has 0 aliphatic rings. The fourth-order valence-electron chi connectivity index (χ4n) is 2.42. The molecule has 2 heterocycles. The summed E-state index contributed by atoms with van der Waals surface area (Å²) >= 11 is 0. The van der Waals surface area contributed by atoms with E-state index >= 15 is 0 Å². The van der Waals surface area contributed by atoms with E-state index in [4.69, 9.17) is 5.73 Å². The lowest BCUT2D eigenvalue weighted by molar-refractivity contribution is -0.137. The average Bonchev–Trinajstić information content (AvgIpc) is 2.68. The summed E-state index contributed by atoms with van der Waals surface area (Å²) in [7, 11) is 0. The van der Waals surface area contributed by atoms with Gasteiger partial charge in [0, 0.05) is 29.2 Å². The van der Waals surface area contributed by atoms with Gasteiger partial charge in [-0.3, -0.25) is 4.79 Å². The van der Waals surface area contributed by atoms with E-state index < -0.39 is 17.6 Å². The highest BCUT2D eigenvalue weighted by Gasteiger charge is 2.30. The fourth-order valence-corrected chi connectivity index (χ4v) is 2.42. The minimum atomic E-state index is -4.46. The van der Waals surface area contributed by atoms with Gasteiger partial charge in [0.15, 0.2) is 0 Å². The molecule has 0 atom stereocenters. The van der Waals surface area contributed by atoms with Crippen molar-refractivity contribution in [2.45, 2.75) is 6.18 Å². The second kappa shape index (κ2) is 7.47. The molecule has 3 N–H and O–H groups in total. The highest BCUT2D eigenvalue weighted by Crippen LogP contribution is 2.33. The highest BCUT2D eigenvalue weighted by molar-refractivity contribution is 6.18. The second-order valence-electron chi connectivity index (χ2n) is 5.75. The highest BCUT2D eigenvalue weighted by atomic mass is 19.4. The van der Waals surface area contributed by atoms with Crippen molar-refractivity contribution >= 4 is 23.0 Å². The van der Waals surface area contributed by atoms with Crippen molar-refractivity contribution in [3.8, 4) is 11.3 Å². The first-order chi connectivity index (χ1) is 13.3. The summed E-state index contributed by atoms with van der Waals surface area (Å²) in [5.41, 5.74) is 6.68. The van der Waals surface area contributed by atoms with Gasteiger partial charge in [0.05, 0.1) is 11.3 Å². The molecule has 0 spiro atoms. The van der Waals surface area contributed by atoms with Crippen LogP contribution in [0.2, 0.25) is 0 Å². The third-order valence-corrected chi connectivity index (χ3v) is 3.88. The molecule has 0 saturated heterocycles. The van der Waals surface area contributed by atoms with E-state index in [1.165, 1.54) is 18.6 Å². The molecule has 0 bridgehead atoms. The number of benzene rings is 1. The number of pyridine rings is 1. The Labute approximate surface area is 158 Å². The molecule has 142 valence electrons. The number of halogens is 3. The third kappa shape index (κ3) is 4.14. The van der Waals surface area contributed by atoms with Gasteiger partial charge in [-0.05, 0) is 35.9 Å². The molecule has 0 saturated carbocycles. The van der Waals surface area contributed by atoms with Crippen LogP contribution in [0.25, 0.3) is 16.8 Å². The monoisotopic (exact) mass is 385 g/mol. The smallest absolute Gasteiger partial charge is 0.366 e. The maximum atomic E-state index is 12.7. The largest absolute Gasteiger partial charge is 0.417 e. The maximum Gasteiger partial charge on any atom is 0.417 e. The van der Waals surface area contributed by atoms with Crippen LogP contribution in [-0.2, 0) is 11.0 Å². The molecule has 0 aliphatic carbocycles. The number of hydrogen-bond donors (Lipinski definition) is 2. The lowest BCUT2D eigenvalue weighted by Crippen LogP contribution is -2.12. The van der Waals surface area contributed by atoms with Crippen molar-refractivity contribution in [3.63, 3.8) is 0 Å². The Morgan fingerprint density at radius 2 is 1.89 bits per heavy atom. The number of nitrogens with zero attached hydrogens (tertiary/aromatic N) is 3. The number of amides is 1. The van der Waals surface area contributed by atoms with Crippen LogP contribution in [-0.4, -0.2) is 20.9 Å². The summed E-state index contributed by atoms with van der Waals surface area (Å²) < 4.78 is 38.1. The van der Waals surface area contributed by atoms with Gasteiger partial charge in [-0.1, -0.05) is 12.6 Å². The first-order valence-corrected chi connectivity index (χ1v) is 7.95. The lowest BCUT2D eigenvalue weighted by Gasteiger charge is -2.14. The van der Waals surface area contributed by atoms with Crippen LogP contribution in [0.3, 0.4) is 0 Å². The van der Waals surface area contributed by atoms with Crippen LogP contribution in [0.15, 0.2) is 61.7 Å². The van der Waals surface area contributed by atoms with Crippen LogP contribution >= 0.6 is 0 Å². The number of hydrogen-bond acceptors (Lipinski definition) is 5. The van der Waals surface area contributed by atoms with Crippen LogP contribution < -0.4 is 11.1 Å². The number of anilines is 2. The fraction of sp³-hybridized carbons (Fsp3) is 0.0526. The van der Waals surface area contributed by atoms with Crippen molar-refractivity contribution in [2.75, 3.05) is 5.32 Å². The molecule has 3 rings (SSSR count). The Hall–Kier alpha value is -3.75. The number of carbonyl (C=O) groups is 1. The Morgan fingerprint density at radius 1 is 1.11 bits per heavy atom. The van der Waals surface area contributed by atoms with E-state index in [0.717, 1.165) is 12.3 Å². The SMILES string of the molecule is C=C(C(N)=O)c1ccc(Nc2ccc(C(F)(F)F)cn2)c(-c2ccncn2)c1. The molecular formula is C19H14F3N5O. The Bertz CT molecular complexity index is 1020. The van der Waals surface area contributed by atoms with Crippen molar-refractivity contribution < 1.29 is 18.0 Å². The van der Waals surface area contributed by atoms with Crippen molar-refractivity contribution in [2.24, 2.45) is 5.73 Å². The molecule has 2 aromatic heterocycles. The number of carbonyl (C=O) groups excluding carboxylic acids is 1. The standard InChI is InChI=1S/C19H14F3N5O/c1-11(18(23)28)12-2-4-16(14(8-12)15-6-7-24-10-26-15)27-17-5-3-13(9-25-17)19(20,21)22/h2-10H,1H2,(H2,23,28)(H,25,27). The zero-order valence-corrected chi connectivity index (χ0v) is 14.4. The Kier molecular flexibility index (Phi) is 5.08. The molecule has 0 radical (unpaired) electrons. The van der Waals surface area contributed by atoms with Gasteiger partial charge in [0.1, 0.15) is 12.1 Å². The third-order valence-electron chi connectivity index (χ3n) is 3.88. The van der Waals surface area contributed by atoms with E-state index in [9.17, 15) is 18.0 Å². The van der Waals surface area contributed by atoms with Gasteiger partial charge >= 0.3 is 6.18 Å². The van der Waals surface area contributed by atoms with Gasteiger partial charge in [0.25, 0.3) is 0 Å². The molecule has 1 amide bonds. The lowest BCUT2D eigenvalue weighted by atomic mass is 10.0. The zero-order valence-electron chi connectivity index (χ0n) is 14.4. The molecule has 6 nitrogen and oxygen atoms in total. The molecule has 28 heavy (non-hydrogen) atoms. The molecule has 0 unspecified atom stereocenters. The van der Waals surface area contributed by atoms with Crippen molar-refractivity contribution in [3.05, 3.63) is 72.8 Å². The van der Waals surface area contributed by atoms with E-state index in [-0.39, 0.29) is 11.4 Å². The van der Waals surface area contributed by atoms with Gasteiger partial charge in [0.2, 0.25) is 5.91 Å². The van der Waals surface area contributed by atoms with E-state index in [0.29, 0.717) is 22.5 Å². The first-order valence-electron chi connectivity index (χ1n) is 7.95. The minimum absolute atomic E-state index is 0.120. The summed E-state index contributed by atoms with van der Waals surface area (Å²) in [5.74, 6) is -0.455. The van der Waals surface area contributed by atoms with Gasteiger partial charge in [-0.25, -0.2) is 15.0 Å². The van der Waals surface area contributed by atoms with Gasteiger partial charge in [-0.2, -0.15) is 13.2 Å². The van der Waals surface area contributed by atoms with E-state index in [1.54, 1.807) is 24.3 Å². The Morgan fingerprint density at radius 3 is 2.46 bits per heavy atom. The minimum Gasteiger partial charge on any atom is -0.366 e. The van der Waals surface area contributed by atoms with Crippen LogP contribution in [0.1, 0.15) is 11.1 Å². The average molecular weight is 385 g/mol. The van der Waals surface area contributed by atoms with Crippen molar-refractivity contribution in [1.29, 1.82) is 0 Å². The van der Waals surface area contributed by atoms with Crippen molar-refractivity contribution in [1.82, 2.24) is 15.0 Å². The number of alkyl halides is 3. The second-order valence-corrected chi connectivity index (χ2v) is 5.75. The molecule has 1 aromatic carbocycles. The summed E-state index contributed by atoms with van der Waals surface area (Å²) in [6.07, 6.45) is -0.826. The van der Waals surface area contributed by atoms with E-state index in [2.05, 4.69) is 26.8 Å². The van der Waals surface area contributed by atoms with Gasteiger partial charge < -0.3 is 11.1 Å². The zero-order chi connectivity index (χ0) is 20.3. The first kappa shape index (κ1) is 19.0. The summed E-state index contributed by atoms with van der Waals surface area (Å²) in [5, 5.41) is 2.96. The number of rotatable bonds is 5. The number of nitrogens with two attached hydrogens (primary N) is 1. The normalized spacial score (nSPS) is 11.1. The summed E-state index contributed by atoms with van der Waals surface area (Å²) in [4.78, 5) is 23.3. The molecule has 0 fully saturated rings. The predicted molar refractivity (Wildman–Crippen MR) is 98.2 cm³/mol. The van der Waals surface area contributed by atoms with E-state index in [1.807, 2.05) is 0 Å². The quantitative estimate of drug-likeness (QED) is 0.652. The molecular weight excluding hydrogens is 371 g/mol. The van der Waals surface area contributed by atoms with Gasteiger partial charge in [-0.15, -0.1) is 0 Å². The van der Waals surface area contributed by atoms with Crippen LogP contribution in [0, 0.1) is 0 Å². The summed E-state index contributed by atoms with van der Waals surface area (Å²) in [6.45, 7) is 3.66. The predicted octanol–water partition coefficient (Wildman–Crippen LogP) is 3.80. The number of aromatic nitrogens is 3. The van der Waals surface area contributed by atoms with Crippen LogP contribution in [0.4, 0.5) is 24.7 Å². The number of nitrogens with one attached hydrogen (secondary N) is 1. The maximum absolute atomic E-state index is 12.7. The summed E-state index contributed by atoms with van der Waals surface area (Å²) in [6, 6.07) is 8.72. The van der Waals surface area contributed by atoms with Crippen LogP contribution in [0.5, 0.6) is 0 Å². The molecule has 9 heteroatoms. The Balaban J connectivity index is 2.00. The molecule has 0 aliphatic heterocycles. The topological polar surface area (TPSA) is 93.8 Å². The molecule has 3 aromatic rings. The number of primary amides is 1.